The number of aromatic hydroxyl groups is 2. The molecular weight excluding hydrogens is 308 g/mol. The summed E-state index contributed by atoms with van der Waals surface area (Å²) in [5, 5.41) is 23.9. The van der Waals surface area contributed by atoms with Crippen molar-refractivity contribution in [2.24, 2.45) is 0 Å². The first-order valence-corrected chi connectivity index (χ1v) is 10.1. The van der Waals surface area contributed by atoms with Gasteiger partial charge < -0.3 is 10.2 Å². The number of aryl methyl sites for hydroxylation is 1. The van der Waals surface area contributed by atoms with Crippen LogP contribution in [0.2, 0.25) is 0 Å². The van der Waals surface area contributed by atoms with E-state index in [1.165, 1.54) is 31.2 Å². The molecule has 2 atom stereocenters. The molecule has 4 rings (SSSR count). The van der Waals surface area contributed by atoms with Crippen LogP contribution in [0.4, 0.5) is 0 Å². The standard InChI is InChI=1S/C23H30O2/c1-3-4-5-6-7-9-15-10-8-11-17-18(15)22(25)19-16-12-13-23(2,14-16)20(19)21(17)24/h8,10-11,16,24-25H,3-7,9,12-14H2,1-2H3. The van der Waals surface area contributed by atoms with Gasteiger partial charge in [0, 0.05) is 21.9 Å². The summed E-state index contributed by atoms with van der Waals surface area (Å²) in [6, 6.07) is 6.13. The molecule has 0 saturated heterocycles. The molecule has 2 aliphatic carbocycles. The smallest absolute Gasteiger partial charge is 0.127 e. The van der Waals surface area contributed by atoms with Crippen molar-refractivity contribution in [3.05, 3.63) is 34.9 Å². The van der Waals surface area contributed by atoms with E-state index < -0.39 is 0 Å². The van der Waals surface area contributed by atoms with E-state index in [4.69, 9.17) is 0 Å². The van der Waals surface area contributed by atoms with Crippen LogP contribution in [-0.4, -0.2) is 10.2 Å². The summed E-state index contributed by atoms with van der Waals surface area (Å²) in [7, 11) is 0. The van der Waals surface area contributed by atoms with Crippen LogP contribution in [-0.2, 0) is 11.8 Å². The summed E-state index contributed by atoms with van der Waals surface area (Å²) < 4.78 is 0. The van der Waals surface area contributed by atoms with Crippen molar-refractivity contribution in [2.45, 2.75) is 83.0 Å². The molecule has 25 heavy (non-hydrogen) atoms. The van der Waals surface area contributed by atoms with Crippen molar-refractivity contribution < 1.29 is 10.2 Å². The van der Waals surface area contributed by atoms with Crippen molar-refractivity contribution >= 4 is 10.8 Å². The molecule has 2 bridgehead atoms. The van der Waals surface area contributed by atoms with Gasteiger partial charge in [-0.2, -0.15) is 0 Å². The Morgan fingerprint density at radius 3 is 2.68 bits per heavy atom. The maximum absolute atomic E-state index is 11.1. The van der Waals surface area contributed by atoms with E-state index in [9.17, 15) is 10.2 Å². The SMILES string of the molecule is CCCCCCCc1cccc2c(O)c3c(c(O)c12)C1CCC3(C)C1. The minimum Gasteiger partial charge on any atom is -0.507 e. The predicted octanol–water partition coefficient (Wildman–Crippen LogP) is 6.30. The zero-order chi connectivity index (χ0) is 17.6. The predicted molar refractivity (Wildman–Crippen MR) is 104 cm³/mol. The van der Waals surface area contributed by atoms with Gasteiger partial charge in [-0.05, 0) is 49.0 Å². The molecule has 2 aromatic rings. The number of benzene rings is 2. The molecule has 2 N–H and O–H groups in total. The van der Waals surface area contributed by atoms with Gasteiger partial charge in [0.05, 0.1) is 0 Å². The minimum absolute atomic E-state index is 0.0475. The lowest BCUT2D eigenvalue weighted by Gasteiger charge is -2.27. The highest BCUT2D eigenvalue weighted by Crippen LogP contribution is 2.63. The van der Waals surface area contributed by atoms with E-state index in [1.807, 2.05) is 12.1 Å². The fourth-order valence-electron chi connectivity index (χ4n) is 5.44. The Morgan fingerprint density at radius 2 is 1.88 bits per heavy atom. The second-order valence-corrected chi connectivity index (χ2v) is 8.49. The number of phenolic OH excluding ortho intramolecular Hbond substituents is 2. The van der Waals surface area contributed by atoms with Gasteiger partial charge in [0.15, 0.2) is 0 Å². The Kier molecular flexibility index (Phi) is 4.17. The van der Waals surface area contributed by atoms with Gasteiger partial charge in [-0.1, -0.05) is 57.7 Å². The average molecular weight is 338 g/mol. The highest BCUT2D eigenvalue weighted by Gasteiger charge is 2.49. The lowest BCUT2D eigenvalue weighted by Crippen LogP contribution is -2.16. The van der Waals surface area contributed by atoms with Gasteiger partial charge in [-0.3, -0.25) is 0 Å². The average Bonchev–Trinajstić information content (AvgIpc) is 3.13. The fourth-order valence-corrected chi connectivity index (χ4v) is 5.44. The van der Waals surface area contributed by atoms with E-state index >= 15 is 0 Å². The van der Waals surface area contributed by atoms with Crippen molar-refractivity contribution in [1.29, 1.82) is 0 Å². The van der Waals surface area contributed by atoms with E-state index in [2.05, 4.69) is 19.9 Å². The number of fused-ring (bicyclic) bond motifs is 6. The first kappa shape index (κ1) is 16.8. The minimum atomic E-state index is 0.0475. The summed E-state index contributed by atoms with van der Waals surface area (Å²) in [6.45, 7) is 4.49. The molecule has 2 heteroatoms. The molecule has 1 saturated carbocycles. The Hall–Kier alpha value is -1.70. The molecule has 0 aliphatic heterocycles. The van der Waals surface area contributed by atoms with Crippen LogP contribution in [0.1, 0.15) is 87.8 Å². The van der Waals surface area contributed by atoms with E-state index in [-0.39, 0.29) is 5.41 Å². The first-order chi connectivity index (χ1) is 12.1. The van der Waals surface area contributed by atoms with Gasteiger partial charge in [0.1, 0.15) is 11.5 Å². The summed E-state index contributed by atoms with van der Waals surface area (Å²) in [5.74, 6) is 1.31. The van der Waals surface area contributed by atoms with Crippen LogP contribution in [0.15, 0.2) is 18.2 Å². The number of hydrogen-bond donors (Lipinski definition) is 2. The Bertz CT molecular complexity index is 808. The lowest BCUT2D eigenvalue weighted by molar-refractivity contribution is 0.427. The molecule has 2 nitrogen and oxygen atoms in total. The molecule has 2 aromatic carbocycles. The molecule has 2 aliphatic rings. The maximum atomic E-state index is 11.1. The van der Waals surface area contributed by atoms with Gasteiger partial charge >= 0.3 is 0 Å². The summed E-state index contributed by atoms with van der Waals surface area (Å²) in [4.78, 5) is 0. The van der Waals surface area contributed by atoms with Gasteiger partial charge in [-0.25, -0.2) is 0 Å². The third-order valence-electron chi connectivity index (χ3n) is 6.71. The zero-order valence-electron chi connectivity index (χ0n) is 15.6. The van der Waals surface area contributed by atoms with Crippen molar-refractivity contribution in [1.82, 2.24) is 0 Å². The van der Waals surface area contributed by atoms with Gasteiger partial charge in [0.2, 0.25) is 0 Å². The van der Waals surface area contributed by atoms with Crippen molar-refractivity contribution in [3.63, 3.8) is 0 Å². The number of rotatable bonds is 6. The Balaban J connectivity index is 1.76. The highest BCUT2D eigenvalue weighted by molar-refractivity contribution is 5.99. The molecule has 2 unspecified atom stereocenters. The lowest BCUT2D eigenvalue weighted by atomic mass is 9.78. The third kappa shape index (κ3) is 2.53. The largest absolute Gasteiger partial charge is 0.507 e. The van der Waals surface area contributed by atoms with Crippen LogP contribution < -0.4 is 0 Å². The highest BCUT2D eigenvalue weighted by atomic mass is 16.3. The van der Waals surface area contributed by atoms with Crippen LogP contribution >= 0.6 is 0 Å². The monoisotopic (exact) mass is 338 g/mol. The molecule has 1 fully saturated rings. The van der Waals surface area contributed by atoms with Crippen LogP contribution in [0.3, 0.4) is 0 Å². The summed E-state index contributed by atoms with van der Waals surface area (Å²) in [6.07, 6.45) is 10.6. The Labute approximate surface area is 150 Å². The summed E-state index contributed by atoms with van der Waals surface area (Å²) >= 11 is 0. The third-order valence-corrected chi connectivity index (χ3v) is 6.71. The topological polar surface area (TPSA) is 40.5 Å². The van der Waals surface area contributed by atoms with Crippen molar-refractivity contribution in [3.8, 4) is 11.5 Å². The first-order valence-electron chi connectivity index (χ1n) is 10.1. The van der Waals surface area contributed by atoms with E-state index in [0.29, 0.717) is 17.4 Å². The molecule has 0 amide bonds. The second kappa shape index (κ2) is 6.23. The zero-order valence-corrected chi connectivity index (χ0v) is 15.6. The number of hydrogen-bond acceptors (Lipinski definition) is 2. The van der Waals surface area contributed by atoms with Crippen molar-refractivity contribution in [2.75, 3.05) is 0 Å². The molecule has 0 aromatic heterocycles. The Morgan fingerprint density at radius 1 is 1.08 bits per heavy atom. The second-order valence-electron chi connectivity index (χ2n) is 8.49. The number of phenols is 2. The van der Waals surface area contributed by atoms with E-state index in [0.717, 1.165) is 54.0 Å². The molecule has 0 spiro atoms. The number of unbranched alkanes of at least 4 members (excludes halogenated alkanes) is 4. The normalized spacial score (nSPS) is 24.2. The summed E-state index contributed by atoms with van der Waals surface area (Å²) in [5.41, 5.74) is 3.33. The van der Waals surface area contributed by atoms with Gasteiger partial charge in [-0.15, -0.1) is 0 Å². The quantitative estimate of drug-likeness (QED) is 0.479. The fraction of sp³-hybridized carbons (Fsp3) is 0.565. The van der Waals surface area contributed by atoms with E-state index in [1.54, 1.807) is 0 Å². The molecule has 134 valence electrons. The van der Waals surface area contributed by atoms with Gasteiger partial charge in [0.25, 0.3) is 0 Å². The van der Waals surface area contributed by atoms with Crippen LogP contribution in [0.5, 0.6) is 11.5 Å². The van der Waals surface area contributed by atoms with Crippen LogP contribution in [0.25, 0.3) is 10.8 Å². The molecule has 0 heterocycles. The maximum Gasteiger partial charge on any atom is 0.127 e. The molecular formula is C23H30O2. The van der Waals surface area contributed by atoms with Crippen LogP contribution in [0, 0.1) is 0 Å². The molecule has 0 radical (unpaired) electrons.